The summed E-state index contributed by atoms with van der Waals surface area (Å²) in [5, 5.41) is 2.84. The molecule has 1 fully saturated rings. The van der Waals surface area contributed by atoms with Gasteiger partial charge in [-0.05, 0) is 42.8 Å². The van der Waals surface area contributed by atoms with Gasteiger partial charge in [-0.25, -0.2) is 0 Å². The molecule has 0 atom stereocenters. The zero-order valence-corrected chi connectivity index (χ0v) is 16.0. The second-order valence-corrected chi connectivity index (χ2v) is 6.79. The van der Waals surface area contributed by atoms with Gasteiger partial charge in [-0.3, -0.25) is 14.4 Å². The maximum Gasteiger partial charge on any atom is 0.289 e. The molecule has 1 aromatic heterocycles. The van der Waals surface area contributed by atoms with Gasteiger partial charge >= 0.3 is 0 Å². The third-order valence-electron chi connectivity index (χ3n) is 4.76. The highest BCUT2D eigenvalue weighted by molar-refractivity contribution is 5.96. The van der Waals surface area contributed by atoms with Crippen LogP contribution in [0.1, 0.15) is 47.1 Å². The van der Waals surface area contributed by atoms with Gasteiger partial charge in [0, 0.05) is 43.9 Å². The van der Waals surface area contributed by atoms with E-state index in [0.717, 1.165) is 12.8 Å². The van der Waals surface area contributed by atoms with Crippen molar-refractivity contribution in [1.29, 1.82) is 0 Å². The second kappa shape index (κ2) is 9.21. The van der Waals surface area contributed by atoms with E-state index in [-0.39, 0.29) is 17.7 Å². The van der Waals surface area contributed by atoms with Gasteiger partial charge in [-0.1, -0.05) is 13.3 Å². The Balaban J connectivity index is 1.52. The van der Waals surface area contributed by atoms with Crippen LogP contribution >= 0.6 is 0 Å². The fourth-order valence-corrected chi connectivity index (χ4v) is 3.11. The number of nitrogens with one attached hydrogen (secondary N) is 1. The summed E-state index contributed by atoms with van der Waals surface area (Å²) in [6.07, 6.45) is 3.80. The Morgan fingerprint density at radius 2 is 1.61 bits per heavy atom. The van der Waals surface area contributed by atoms with Gasteiger partial charge < -0.3 is 19.5 Å². The molecule has 7 nitrogen and oxygen atoms in total. The average molecular weight is 383 g/mol. The molecule has 0 unspecified atom stereocenters. The summed E-state index contributed by atoms with van der Waals surface area (Å²) in [6, 6.07) is 10.3. The Morgan fingerprint density at radius 3 is 2.18 bits per heavy atom. The lowest BCUT2D eigenvalue weighted by atomic mass is 10.1. The van der Waals surface area contributed by atoms with Crippen molar-refractivity contribution < 1.29 is 18.8 Å². The van der Waals surface area contributed by atoms with Crippen LogP contribution in [0.15, 0.2) is 47.1 Å². The Kier molecular flexibility index (Phi) is 6.47. The lowest BCUT2D eigenvalue weighted by molar-refractivity contribution is -0.116. The van der Waals surface area contributed by atoms with Crippen LogP contribution in [0.3, 0.4) is 0 Å². The predicted octanol–water partition coefficient (Wildman–Crippen LogP) is 3.01. The van der Waals surface area contributed by atoms with Crippen LogP contribution in [-0.2, 0) is 4.79 Å². The van der Waals surface area contributed by atoms with E-state index in [2.05, 4.69) is 5.32 Å². The molecule has 2 heterocycles. The third kappa shape index (κ3) is 4.79. The van der Waals surface area contributed by atoms with Crippen molar-refractivity contribution in [1.82, 2.24) is 9.80 Å². The standard InChI is InChI=1S/C21H25N3O4/c1-2-3-6-19(25)22-17-9-7-16(8-10-17)20(26)23-11-13-24(14-12-23)21(27)18-5-4-15-28-18/h4-5,7-10,15H,2-3,6,11-14H2,1H3,(H,22,25). The van der Waals surface area contributed by atoms with Gasteiger partial charge in [0.15, 0.2) is 5.76 Å². The molecule has 1 N–H and O–H groups in total. The van der Waals surface area contributed by atoms with E-state index in [4.69, 9.17) is 4.42 Å². The van der Waals surface area contributed by atoms with Gasteiger partial charge in [0.25, 0.3) is 11.8 Å². The van der Waals surface area contributed by atoms with Crippen LogP contribution in [-0.4, -0.2) is 53.7 Å². The fraction of sp³-hybridized carbons (Fsp3) is 0.381. The lowest BCUT2D eigenvalue weighted by Crippen LogP contribution is -2.50. The molecular weight excluding hydrogens is 358 g/mol. The first kappa shape index (κ1) is 19.7. The molecule has 148 valence electrons. The second-order valence-electron chi connectivity index (χ2n) is 6.79. The molecule has 0 bridgehead atoms. The first-order valence-corrected chi connectivity index (χ1v) is 9.60. The minimum Gasteiger partial charge on any atom is -0.459 e. The summed E-state index contributed by atoms with van der Waals surface area (Å²) < 4.78 is 5.15. The monoisotopic (exact) mass is 383 g/mol. The fourth-order valence-electron chi connectivity index (χ4n) is 3.11. The van der Waals surface area contributed by atoms with Crippen molar-refractivity contribution in [2.45, 2.75) is 26.2 Å². The number of nitrogens with zero attached hydrogens (tertiary/aromatic N) is 2. The summed E-state index contributed by atoms with van der Waals surface area (Å²) in [6.45, 7) is 3.93. The van der Waals surface area contributed by atoms with Gasteiger partial charge in [0.1, 0.15) is 0 Å². The highest BCUT2D eigenvalue weighted by atomic mass is 16.3. The molecule has 1 saturated heterocycles. The Hall–Kier alpha value is -3.09. The number of anilines is 1. The number of unbranched alkanes of at least 4 members (excludes halogenated alkanes) is 1. The topological polar surface area (TPSA) is 82.9 Å². The van der Waals surface area contributed by atoms with Crippen LogP contribution < -0.4 is 5.32 Å². The number of benzene rings is 1. The molecule has 1 aliphatic rings. The number of rotatable bonds is 6. The Morgan fingerprint density at radius 1 is 0.964 bits per heavy atom. The van der Waals surface area contributed by atoms with Crippen molar-refractivity contribution in [3.8, 4) is 0 Å². The van der Waals surface area contributed by atoms with Crippen LogP contribution in [0.5, 0.6) is 0 Å². The summed E-state index contributed by atoms with van der Waals surface area (Å²) >= 11 is 0. The molecule has 3 rings (SSSR count). The van der Waals surface area contributed by atoms with Crippen LogP contribution in [0, 0.1) is 0 Å². The van der Waals surface area contributed by atoms with Gasteiger partial charge in [-0.15, -0.1) is 0 Å². The van der Waals surface area contributed by atoms with Gasteiger partial charge in [-0.2, -0.15) is 0 Å². The molecule has 0 saturated carbocycles. The summed E-state index contributed by atoms with van der Waals surface area (Å²) in [5.41, 5.74) is 1.25. The van der Waals surface area contributed by atoms with Crippen molar-refractivity contribution in [3.05, 3.63) is 54.0 Å². The van der Waals surface area contributed by atoms with E-state index in [9.17, 15) is 14.4 Å². The van der Waals surface area contributed by atoms with Crippen molar-refractivity contribution >= 4 is 23.4 Å². The highest BCUT2D eigenvalue weighted by Crippen LogP contribution is 2.15. The molecular formula is C21H25N3O4. The first-order valence-electron chi connectivity index (χ1n) is 9.60. The number of piperazine rings is 1. The molecule has 0 radical (unpaired) electrons. The van der Waals surface area contributed by atoms with E-state index < -0.39 is 0 Å². The molecule has 1 aromatic carbocycles. The smallest absolute Gasteiger partial charge is 0.289 e. The van der Waals surface area contributed by atoms with Crippen LogP contribution in [0.4, 0.5) is 5.69 Å². The average Bonchev–Trinajstić information content (AvgIpc) is 3.27. The normalized spacial score (nSPS) is 14.0. The van der Waals surface area contributed by atoms with Crippen LogP contribution in [0.25, 0.3) is 0 Å². The van der Waals surface area contributed by atoms with Gasteiger partial charge in [0.2, 0.25) is 5.91 Å². The van der Waals surface area contributed by atoms with Crippen molar-refractivity contribution in [3.63, 3.8) is 0 Å². The maximum absolute atomic E-state index is 12.7. The maximum atomic E-state index is 12.7. The summed E-state index contributed by atoms with van der Waals surface area (Å²) in [5.74, 6) is 0.0730. The van der Waals surface area contributed by atoms with E-state index in [1.54, 1.807) is 46.2 Å². The number of carbonyl (C=O) groups excluding carboxylic acids is 3. The minimum atomic E-state index is -0.153. The van der Waals surface area contributed by atoms with E-state index >= 15 is 0 Å². The number of hydrogen-bond donors (Lipinski definition) is 1. The summed E-state index contributed by atoms with van der Waals surface area (Å²) in [4.78, 5) is 40.2. The molecule has 3 amide bonds. The molecule has 0 aliphatic carbocycles. The lowest BCUT2D eigenvalue weighted by Gasteiger charge is -2.34. The van der Waals surface area contributed by atoms with Gasteiger partial charge in [0.05, 0.1) is 6.26 Å². The SMILES string of the molecule is CCCCC(=O)Nc1ccc(C(=O)N2CCN(C(=O)c3ccco3)CC2)cc1. The molecule has 0 spiro atoms. The highest BCUT2D eigenvalue weighted by Gasteiger charge is 2.26. The zero-order chi connectivity index (χ0) is 19.9. The number of hydrogen-bond acceptors (Lipinski definition) is 4. The van der Waals surface area contributed by atoms with Crippen molar-refractivity contribution in [2.24, 2.45) is 0 Å². The minimum absolute atomic E-state index is 0.0155. The molecule has 2 aromatic rings. The molecule has 7 heteroatoms. The third-order valence-corrected chi connectivity index (χ3v) is 4.76. The van der Waals surface area contributed by atoms with E-state index in [1.807, 2.05) is 6.92 Å². The first-order chi connectivity index (χ1) is 13.6. The van der Waals surface area contributed by atoms with Crippen LogP contribution in [0.2, 0.25) is 0 Å². The van der Waals surface area contributed by atoms with E-state index in [1.165, 1.54) is 6.26 Å². The number of furan rings is 1. The largest absolute Gasteiger partial charge is 0.459 e. The molecule has 1 aliphatic heterocycles. The quantitative estimate of drug-likeness (QED) is 0.831. The summed E-state index contributed by atoms with van der Waals surface area (Å²) in [7, 11) is 0. The Bertz CT molecular complexity index is 807. The zero-order valence-electron chi connectivity index (χ0n) is 16.0. The molecule has 28 heavy (non-hydrogen) atoms. The van der Waals surface area contributed by atoms with Crippen molar-refractivity contribution in [2.75, 3.05) is 31.5 Å². The Labute approximate surface area is 164 Å². The number of amides is 3. The number of carbonyl (C=O) groups is 3. The predicted molar refractivity (Wildman–Crippen MR) is 105 cm³/mol. The van der Waals surface area contributed by atoms with E-state index in [0.29, 0.717) is 49.6 Å².